The molecule has 0 aromatic heterocycles. The van der Waals surface area contributed by atoms with Crippen molar-refractivity contribution in [3.05, 3.63) is 122 Å². The summed E-state index contributed by atoms with van der Waals surface area (Å²) in [6.45, 7) is 6.27. The Morgan fingerprint density at radius 1 is 0.333 bits per heavy atom. The molecule has 1 atom stereocenters. The van der Waals surface area contributed by atoms with Crippen molar-refractivity contribution in [2.24, 2.45) is 0 Å². The van der Waals surface area contributed by atoms with Crippen LogP contribution in [-0.2, 0) is 28.6 Å². The molecule has 63 heavy (non-hydrogen) atoms. The second kappa shape index (κ2) is 50.5. The molecule has 0 aliphatic rings. The quantitative estimate of drug-likeness (QED) is 0.0263. The Kier molecular flexibility index (Phi) is 47.1. The lowest BCUT2D eigenvalue weighted by Crippen LogP contribution is -2.30. The van der Waals surface area contributed by atoms with Gasteiger partial charge in [-0.05, 0) is 116 Å². The Morgan fingerprint density at radius 3 is 1.08 bits per heavy atom. The zero-order valence-corrected chi connectivity index (χ0v) is 40.3. The normalized spacial score (nSPS) is 13.1. The summed E-state index contributed by atoms with van der Waals surface area (Å²) in [7, 11) is 0. The summed E-state index contributed by atoms with van der Waals surface area (Å²) in [6.07, 6.45) is 69.1. The fourth-order valence-corrected chi connectivity index (χ4v) is 6.24. The van der Waals surface area contributed by atoms with Crippen molar-refractivity contribution in [1.29, 1.82) is 0 Å². The van der Waals surface area contributed by atoms with Crippen LogP contribution in [0.15, 0.2) is 122 Å². The molecular formula is C57H90O6. The summed E-state index contributed by atoms with van der Waals surface area (Å²) in [6, 6.07) is 0. The van der Waals surface area contributed by atoms with Gasteiger partial charge in [-0.3, -0.25) is 14.4 Å². The van der Waals surface area contributed by atoms with Gasteiger partial charge in [0, 0.05) is 19.3 Å². The Bertz CT molecular complexity index is 1370. The molecule has 354 valence electrons. The van der Waals surface area contributed by atoms with Gasteiger partial charge in [-0.1, -0.05) is 187 Å². The minimum atomic E-state index is -0.833. The molecule has 0 aliphatic carbocycles. The van der Waals surface area contributed by atoms with Crippen LogP contribution < -0.4 is 0 Å². The van der Waals surface area contributed by atoms with Crippen LogP contribution in [0, 0.1) is 0 Å². The highest BCUT2D eigenvalue weighted by Gasteiger charge is 2.19. The Balaban J connectivity index is 4.60. The molecule has 0 aromatic carbocycles. The maximum Gasteiger partial charge on any atom is 0.306 e. The van der Waals surface area contributed by atoms with Crippen LogP contribution >= 0.6 is 0 Å². The molecule has 0 rings (SSSR count). The van der Waals surface area contributed by atoms with E-state index in [1.165, 1.54) is 38.5 Å². The lowest BCUT2D eigenvalue weighted by atomic mass is 10.1. The third-order valence-corrected chi connectivity index (χ3v) is 9.94. The van der Waals surface area contributed by atoms with E-state index in [9.17, 15) is 14.4 Å². The van der Waals surface area contributed by atoms with Crippen molar-refractivity contribution in [3.8, 4) is 0 Å². The summed E-state index contributed by atoms with van der Waals surface area (Å²) in [4.78, 5) is 37.9. The van der Waals surface area contributed by atoms with E-state index in [2.05, 4.69) is 130 Å². The summed E-state index contributed by atoms with van der Waals surface area (Å²) in [5, 5.41) is 0. The molecule has 0 saturated heterocycles. The average Bonchev–Trinajstić information content (AvgIpc) is 3.28. The standard InChI is InChI=1S/C57H90O6/c1-4-7-10-13-16-19-22-25-27-29-32-35-38-41-44-47-50-56(59)62-53-54(52-61-55(58)49-46-43-40-37-34-31-24-21-18-15-12-9-6-3)63-57(60)51-48-45-42-39-36-33-30-28-26-23-20-17-14-11-8-5-2/h7-8,10-11,16-17,19-20,25-28,31-36,41,44,54H,4-6,9,12-15,18,21-24,29-30,37-40,42-43,45-53H2,1-3H3/b10-7-,11-8-,19-16-,20-17-,27-25-,28-26-,34-31-,35-32-,36-33-,44-41-. The summed E-state index contributed by atoms with van der Waals surface area (Å²) in [5.74, 6) is -1.07. The van der Waals surface area contributed by atoms with Crippen molar-refractivity contribution in [2.75, 3.05) is 13.2 Å². The van der Waals surface area contributed by atoms with E-state index in [-0.39, 0.29) is 44.0 Å². The minimum Gasteiger partial charge on any atom is -0.462 e. The number of rotatable bonds is 43. The Morgan fingerprint density at radius 2 is 0.651 bits per heavy atom. The fraction of sp³-hybridized carbons (Fsp3) is 0.596. The Labute approximate surface area is 386 Å². The first-order valence-corrected chi connectivity index (χ1v) is 25.0. The van der Waals surface area contributed by atoms with Gasteiger partial charge in [-0.25, -0.2) is 0 Å². The molecule has 0 aliphatic heterocycles. The number of carbonyl (C=O) groups is 3. The second-order valence-electron chi connectivity index (χ2n) is 16.0. The van der Waals surface area contributed by atoms with Gasteiger partial charge in [0.2, 0.25) is 0 Å². The highest BCUT2D eigenvalue weighted by molar-refractivity contribution is 5.71. The van der Waals surface area contributed by atoms with Crippen LogP contribution in [0.3, 0.4) is 0 Å². The van der Waals surface area contributed by atoms with Gasteiger partial charge in [0.25, 0.3) is 0 Å². The van der Waals surface area contributed by atoms with Crippen molar-refractivity contribution >= 4 is 17.9 Å². The first-order valence-electron chi connectivity index (χ1n) is 25.0. The van der Waals surface area contributed by atoms with E-state index in [0.717, 1.165) is 109 Å². The number of hydrogen-bond acceptors (Lipinski definition) is 6. The molecule has 0 radical (unpaired) electrons. The highest BCUT2D eigenvalue weighted by Crippen LogP contribution is 2.11. The second-order valence-corrected chi connectivity index (χ2v) is 16.0. The molecule has 6 heteroatoms. The van der Waals surface area contributed by atoms with E-state index in [1.54, 1.807) is 0 Å². The molecule has 0 aromatic rings. The average molecular weight is 871 g/mol. The zero-order valence-electron chi connectivity index (χ0n) is 40.3. The number of allylic oxidation sites excluding steroid dienone is 20. The predicted octanol–water partition coefficient (Wildman–Crippen LogP) is 16.5. The molecule has 0 saturated carbocycles. The van der Waals surface area contributed by atoms with Gasteiger partial charge in [0.15, 0.2) is 6.10 Å². The van der Waals surface area contributed by atoms with Crippen LogP contribution in [0.25, 0.3) is 0 Å². The van der Waals surface area contributed by atoms with Gasteiger partial charge in [-0.2, -0.15) is 0 Å². The van der Waals surface area contributed by atoms with Gasteiger partial charge in [-0.15, -0.1) is 0 Å². The molecule has 0 N–H and O–H groups in total. The molecule has 6 nitrogen and oxygen atoms in total. The number of ether oxygens (including phenoxy) is 3. The number of esters is 3. The van der Waals surface area contributed by atoms with Gasteiger partial charge < -0.3 is 14.2 Å². The van der Waals surface area contributed by atoms with E-state index in [1.807, 2.05) is 12.2 Å². The number of hydrogen-bond donors (Lipinski definition) is 0. The molecule has 1 unspecified atom stereocenters. The molecule has 0 bridgehead atoms. The minimum absolute atomic E-state index is 0.125. The maximum atomic E-state index is 12.8. The first-order chi connectivity index (χ1) is 31.0. The number of unbranched alkanes of at least 4 members (excludes halogenated alkanes) is 12. The van der Waals surface area contributed by atoms with Gasteiger partial charge in [0.05, 0.1) is 0 Å². The topological polar surface area (TPSA) is 78.9 Å². The van der Waals surface area contributed by atoms with Crippen molar-refractivity contribution in [3.63, 3.8) is 0 Å². The van der Waals surface area contributed by atoms with Crippen LogP contribution in [0.4, 0.5) is 0 Å². The lowest BCUT2D eigenvalue weighted by Gasteiger charge is -2.18. The Hall–Kier alpha value is -4.19. The van der Waals surface area contributed by atoms with Crippen LogP contribution in [-0.4, -0.2) is 37.2 Å². The molecule has 0 fully saturated rings. The van der Waals surface area contributed by atoms with E-state index < -0.39 is 6.10 Å². The third-order valence-electron chi connectivity index (χ3n) is 9.94. The molecule has 0 amide bonds. The smallest absolute Gasteiger partial charge is 0.306 e. The summed E-state index contributed by atoms with van der Waals surface area (Å²) < 4.78 is 16.7. The van der Waals surface area contributed by atoms with E-state index in [0.29, 0.717) is 19.3 Å². The third kappa shape index (κ3) is 48.7. The fourth-order valence-electron chi connectivity index (χ4n) is 6.24. The molecule has 0 spiro atoms. The summed E-state index contributed by atoms with van der Waals surface area (Å²) in [5.41, 5.74) is 0. The SMILES string of the molecule is CC/C=C\C/C=C\C/C=C\C/C=C\C/C=C\CCC(=O)OCC(COC(=O)CCCCC/C=C\CCCCCCCC)OC(=O)CCCCC/C=C\C/C=C\C/C=C\C/C=C\CC. The van der Waals surface area contributed by atoms with Crippen LogP contribution in [0.2, 0.25) is 0 Å². The largest absolute Gasteiger partial charge is 0.462 e. The molecule has 0 heterocycles. The van der Waals surface area contributed by atoms with Gasteiger partial charge in [0.1, 0.15) is 13.2 Å². The summed E-state index contributed by atoms with van der Waals surface area (Å²) >= 11 is 0. The zero-order chi connectivity index (χ0) is 45.8. The maximum absolute atomic E-state index is 12.8. The van der Waals surface area contributed by atoms with Crippen molar-refractivity contribution in [1.82, 2.24) is 0 Å². The number of carbonyl (C=O) groups excluding carboxylic acids is 3. The van der Waals surface area contributed by atoms with Crippen LogP contribution in [0.5, 0.6) is 0 Å². The monoisotopic (exact) mass is 871 g/mol. The van der Waals surface area contributed by atoms with E-state index in [4.69, 9.17) is 14.2 Å². The lowest BCUT2D eigenvalue weighted by molar-refractivity contribution is -0.166. The van der Waals surface area contributed by atoms with Crippen molar-refractivity contribution < 1.29 is 28.6 Å². The highest BCUT2D eigenvalue weighted by atomic mass is 16.6. The predicted molar refractivity (Wildman–Crippen MR) is 269 cm³/mol. The van der Waals surface area contributed by atoms with Crippen molar-refractivity contribution in [2.45, 2.75) is 207 Å². The molecular weight excluding hydrogens is 781 g/mol. The van der Waals surface area contributed by atoms with Crippen LogP contribution in [0.1, 0.15) is 201 Å². The van der Waals surface area contributed by atoms with E-state index >= 15 is 0 Å². The van der Waals surface area contributed by atoms with Gasteiger partial charge >= 0.3 is 17.9 Å². The first kappa shape index (κ1) is 58.8.